The van der Waals surface area contributed by atoms with Crippen LogP contribution in [0.1, 0.15) is 4.88 Å². The van der Waals surface area contributed by atoms with Gasteiger partial charge in [-0.3, -0.25) is 9.59 Å². The molecule has 0 fully saturated rings. The summed E-state index contributed by atoms with van der Waals surface area (Å²) in [5.41, 5.74) is 2.20. The molecule has 0 unspecified atom stereocenters. The highest BCUT2D eigenvalue weighted by atomic mass is 35.5. The summed E-state index contributed by atoms with van der Waals surface area (Å²) in [5, 5.41) is 5.89. The molecule has 0 aliphatic carbocycles. The molecule has 114 valence electrons. The van der Waals surface area contributed by atoms with Gasteiger partial charge in [0.1, 0.15) is 11.6 Å². The van der Waals surface area contributed by atoms with E-state index < -0.39 is 0 Å². The Morgan fingerprint density at radius 1 is 1.55 bits per heavy atom. The molecular weight excluding hydrogens is 326 g/mol. The van der Waals surface area contributed by atoms with Gasteiger partial charge < -0.3 is 15.4 Å². The van der Waals surface area contributed by atoms with Crippen LogP contribution in [0.5, 0.6) is 5.75 Å². The first-order chi connectivity index (χ1) is 10.6. The Morgan fingerprint density at radius 2 is 2.36 bits per heavy atom. The van der Waals surface area contributed by atoms with Gasteiger partial charge in [0, 0.05) is 10.4 Å². The molecule has 2 aromatic rings. The summed E-state index contributed by atoms with van der Waals surface area (Å²) in [6.07, 6.45) is 0. The molecule has 0 radical (unpaired) electrons. The zero-order valence-electron chi connectivity index (χ0n) is 11.6. The highest BCUT2D eigenvalue weighted by Gasteiger charge is 2.18. The van der Waals surface area contributed by atoms with Crippen molar-refractivity contribution in [3.8, 4) is 17.0 Å². The summed E-state index contributed by atoms with van der Waals surface area (Å²) in [4.78, 5) is 28.1. The maximum absolute atomic E-state index is 11.4. The molecule has 0 saturated carbocycles. The molecule has 22 heavy (non-hydrogen) atoms. The van der Waals surface area contributed by atoms with Gasteiger partial charge in [-0.05, 0) is 25.1 Å². The first-order valence-electron chi connectivity index (χ1n) is 6.47. The summed E-state index contributed by atoms with van der Waals surface area (Å²) in [6.45, 7) is 1.94. The molecule has 2 amide bonds. The van der Waals surface area contributed by atoms with Gasteiger partial charge in [0.15, 0.2) is 11.7 Å². The standard InChI is InChI=1S/C14H12ClN3O3S/c1-7-13(18-14(22-7)17-11(19)5-15)8-2-3-10-9(4-8)16-12(20)6-21-10/h2-4H,5-6H2,1H3,(H,16,20)(H,17,18,19). The average Bonchev–Trinajstić information content (AvgIpc) is 2.86. The molecule has 0 saturated heterocycles. The third-order valence-corrected chi connectivity index (χ3v) is 4.18. The molecular formula is C14H12ClN3O3S. The zero-order valence-corrected chi connectivity index (χ0v) is 13.2. The van der Waals surface area contributed by atoms with Crippen LogP contribution < -0.4 is 15.4 Å². The number of nitrogens with one attached hydrogen (secondary N) is 2. The van der Waals surface area contributed by atoms with E-state index >= 15 is 0 Å². The van der Waals surface area contributed by atoms with Gasteiger partial charge in [0.2, 0.25) is 5.91 Å². The van der Waals surface area contributed by atoms with Gasteiger partial charge in [0.25, 0.3) is 5.91 Å². The number of aryl methyl sites for hydroxylation is 1. The predicted octanol–water partition coefficient (Wildman–Crippen LogP) is 2.63. The fourth-order valence-corrected chi connectivity index (χ4v) is 3.02. The van der Waals surface area contributed by atoms with Crippen LogP contribution >= 0.6 is 22.9 Å². The van der Waals surface area contributed by atoms with Crippen molar-refractivity contribution >= 4 is 45.6 Å². The fraction of sp³-hybridized carbons (Fsp3) is 0.214. The SMILES string of the molecule is Cc1sc(NC(=O)CCl)nc1-c1ccc2c(c1)NC(=O)CO2. The lowest BCUT2D eigenvalue weighted by Crippen LogP contribution is -2.25. The second kappa shape index (κ2) is 5.94. The summed E-state index contributed by atoms with van der Waals surface area (Å²) < 4.78 is 5.33. The van der Waals surface area contributed by atoms with Gasteiger partial charge in [-0.25, -0.2) is 4.98 Å². The molecule has 0 bridgehead atoms. The number of ether oxygens (including phenoxy) is 1. The maximum Gasteiger partial charge on any atom is 0.262 e. The maximum atomic E-state index is 11.4. The lowest BCUT2D eigenvalue weighted by Gasteiger charge is -2.18. The molecule has 8 heteroatoms. The van der Waals surface area contributed by atoms with Crippen LogP contribution in [-0.4, -0.2) is 29.3 Å². The molecule has 3 rings (SSSR count). The summed E-state index contributed by atoms with van der Waals surface area (Å²) in [7, 11) is 0. The zero-order chi connectivity index (χ0) is 15.7. The van der Waals surface area contributed by atoms with E-state index in [-0.39, 0.29) is 24.3 Å². The van der Waals surface area contributed by atoms with Crippen LogP contribution in [0.2, 0.25) is 0 Å². The number of thiazole rings is 1. The molecule has 1 aliphatic heterocycles. The van der Waals surface area contributed by atoms with Crippen LogP contribution in [-0.2, 0) is 9.59 Å². The summed E-state index contributed by atoms with van der Waals surface area (Å²) in [6, 6.07) is 5.47. The number of hydrogen-bond donors (Lipinski definition) is 2. The molecule has 0 spiro atoms. The van der Waals surface area contributed by atoms with Crippen LogP contribution in [0.15, 0.2) is 18.2 Å². The first kappa shape index (κ1) is 14.8. The Hall–Kier alpha value is -2.12. The largest absolute Gasteiger partial charge is 0.482 e. The Kier molecular flexibility index (Phi) is 4.00. The number of aromatic nitrogens is 1. The Bertz CT molecular complexity index is 760. The molecule has 1 aromatic carbocycles. The number of hydrogen-bond acceptors (Lipinski definition) is 5. The molecule has 1 aromatic heterocycles. The summed E-state index contributed by atoms with van der Waals surface area (Å²) >= 11 is 6.84. The van der Waals surface area contributed by atoms with Crippen LogP contribution in [0.4, 0.5) is 10.8 Å². The van der Waals surface area contributed by atoms with Crippen molar-refractivity contribution in [2.75, 3.05) is 23.1 Å². The molecule has 0 atom stereocenters. The molecule has 2 heterocycles. The quantitative estimate of drug-likeness (QED) is 0.844. The van der Waals surface area contributed by atoms with Crippen molar-refractivity contribution in [2.45, 2.75) is 6.92 Å². The second-order valence-corrected chi connectivity index (χ2v) is 6.12. The van der Waals surface area contributed by atoms with Gasteiger partial charge in [0.05, 0.1) is 11.4 Å². The first-order valence-corrected chi connectivity index (χ1v) is 7.82. The van der Waals surface area contributed by atoms with E-state index in [1.54, 1.807) is 6.07 Å². The van der Waals surface area contributed by atoms with Crippen LogP contribution in [0.25, 0.3) is 11.3 Å². The Labute approximate surface area is 135 Å². The van der Waals surface area contributed by atoms with Crippen molar-refractivity contribution in [3.63, 3.8) is 0 Å². The third-order valence-electron chi connectivity index (χ3n) is 3.05. The fourth-order valence-electron chi connectivity index (χ4n) is 2.10. The van der Waals surface area contributed by atoms with Crippen molar-refractivity contribution < 1.29 is 14.3 Å². The van der Waals surface area contributed by atoms with Crippen molar-refractivity contribution in [2.24, 2.45) is 0 Å². The van der Waals surface area contributed by atoms with E-state index in [0.29, 0.717) is 16.6 Å². The Morgan fingerprint density at radius 3 is 3.14 bits per heavy atom. The predicted molar refractivity (Wildman–Crippen MR) is 85.8 cm³/mol. The number of nitrogens with zero attached hydrogens (tertiary/aromatic N) is 1. The van der Waals surface area contributed by atoms with Gasteiger partial charge in [-0.1, -0.05) is 0 Å². The van der Waals surface area contributed by atoms with Gasteiger partial charge >= 0.3 is 0 Å². The number of alkyl halides is 1. The number of carbonyl (C=O) groups excluding carboxylic acids is 2. The lowest BCUT2D eigenvalue weighted by atomic mass is 10.1. The van der Waals surface area contributed by atoms with Crippen molar-refractivity contribution in [1.29, 1.82) is 0 Å². The number of rotatable bonds is 3. The minimum atomic E-state index is -0.298. The summed E-state index contributed by atoms with van der Waals surface area (Å²) in [5.74, 6) is 0.0330. The van der Waals surface area contributed by atoms with E-state index in [4.69, 9.17) is 16.3 Å². The second-order valence-electron chi connectivity index (χ2n) is 4.65. The number of amides is 2. The number of fused-ring (bicyclic) bond motifs is 1. The van der Waals surface area contributed by atoms with Crippen molar-refractivity contribution in [3.05, 3.63) is 23.1 Å². The average molecular weight is 338 g/mol. The minimum absolute atomic E-state index is 0.0245. The lowest BCUT2D eigenvalue weighted by molar-refractivity contribution is -0.118. The van der Waals surface area contributed by atoms with Gasteiger partial charge in [-0.2, -0.15) is 0 Å². The topological polar surface area (TPSA) is 80.3 Å². The van der Waals surface area contributed by atoms with Crippen molar-refractivity contribution in [1.82, 2.24) is 4.98 Å². The van der Waals surface area contributed by atoms with E-state index in [1.807, 2.05) is 19.1 Å². The molecule has 2 N–H and O–H groups in total. The number of halogens is 1. The van der Waals surface area contributed by atoms with E-state index in [2.05, 4.69) is 15.6 Å². The van der Waals surface area contributed by atoms with Gasteiger partial charge in [-0.15, -0.1) is 22.9 Å². The normalized spacial score (nSPS) is 13.1. The van der Waals surface area contributed by atoms with E-state index in [0.717, 1.165) is 16.1 Å². The smallest absolute Gasteiger partial charge is 0.262 e. The monoisotopic (exact) mass is 337 g/mol. The third kappa shape index (κ3) is 2.90. The van der Waals surface area contributed by atoms with E-state index in [9.17, 15) is 9.59 Å². The Balaban J connectivity index is 1.92. The number of carbonyl (C=O) groups is 2. The number of benzene rings is 1. The van der Waals surface area contributed by atoms with E-state index in [1.165, 1.54) is 11.3 Å². The highest BCUT2D eigenvalue weighted by molar-refractivity contribution is 7.16. The van der Waals surface area contributed by atoms with Crippen LogP contribution in [0.3, 0.4) is 0 Å². The highest BCUT2D eigenvalue weighted by Crippen LogP contribution is 2.36. The minimum Gasteiger partial charge on any atom is -0.482 e. The number of anilines is 2. The molecule has 1 aliphatic rings. The molecule has 6 nitrogen and oxygen atoms in total. The van der Waals surface area contributed by atoms with Crippen LogP contribution in [0, 0.1) is 6.92 Å².